The van der Waals surface area contributed by atoms with Gasteiger partial charge in [-0.15, -0.1) is 0 Å². The Morgan fingerprint density at radius 2 is 1.70 bits per heavy atom. The van der Waals surface area contributed by atoms with E-state index in [0.717, 1.165) is 28.6 Å². The molecule has 2 amide bonds. The van der Waals surface area contributed by atoms with Crippen LogP contribution in [-0.4, -0.2) is 59.1 Å². The number of hydrogen-bond donors (Lipinski definition) is 1. The van der Waals surface area contributed by atoms with Gasteiger partial charge >= 0.3 is 0 Å². The van der Waals surface area contributed by atoms with Crippen LogP contribution in [0, 0.1) is 6.92 Å². The van der Waals surface area contributed by atoms with Crippen LogP contribution in [0.3, 0.4) is 0 Å². The van der Waals surface area contributed by atoms with Gasteiger partial charge in [-0.05, 0) is 54.8 Å². The van der Waals surface area contributed by atoms with E-state index in [1.54, 1.807) is 31.4 Å². The molecule has 1 atom stereocenters. The number of nitrogens with one attached hydrogen (secondary N) is 1. The second-order valence-corrected chi connectivity index (χ2v) is 9.66. The molecule has 0 unspecified atom stereocenters. The fourth-order valence-corrected chi connectivity index (χ4v) is 5.74. The molecule has 0 saturated heterocycles. The van der Waals surface area contributed by atoms with Crippen molar-refractivity contribution in [2.45, 2.75) is 19.4 Å². The Bertz CT molecular complexity index is 1540. The van der Waals surface area contributed by atoms with Crippen LogP contribution in [0.1, 0.15) is 53.9 Å². The highest BCUT2D eigenvalue weighted by atomic mass is 16.5. The van der Waals surface area contributed by atoms with Crippen molar-refractivity contribution in [3.8, 4) is 5.75 Å². The molecule has 3 aromatic carbocycles. The third-order valence-electron chi connectivity index (χ3n) is 7.58. The number of benzene rings is 3. The number of Topliss-reactive ketones (excluding diaryl/α,β-unsaturated/α-hetero) is 1. The molecule has 0 spiro atoms. The van der Waals surface area contributed by atoms with Crippen molar-refractivity contribution in [2.24, 2.45) is 0 Å². The number of carbonyl (C=O) groups excluding carboxylic acids is 3. The van der Waals surface area contributed by atoms with Crippen molar-refractivity contribution in [2.75, 3.05) is 26.7 Å². The number of H-pyrrole nitrogens is 1. The zero-order chi connectivity index (χ0) is 25.7. The Morgan fingerprint density at radius 1 is 1.00 bits per heavy atom. The lowest BCUT2D eigenvalue weighted by atomic mass is 9.91. The van der Waals surface area contributed by atoms with Gasteiger partial charge in [-0.3, -0.25) is 24.2 Å². The first kappa shape index (κ1) is 23.2. The van der Waals surface area contributed by atoms with Crippen LogP contribution < -0.4 is 4.74 Å². The van der Waals surface area contributed by atoms with Gasteiger partial charge in [-0.1, -0.05) is 36.4 Å². The first-order valence-electron chi connectivity index (χ1n) is 12.4. The molecule has 37 heavy (non-hydrogen) atoms. The number of nitrogens with zero attached hydrogens (tertiary/aromatic N) is 2. The van der Waals surface area contributed by atoms with Gasteiger partial charge in [0.05, 0.1) is 30.8 Å². The molecule has 2 aliphatic rings. The molecule has 0 aliphatic carbocycles. The molecule has 0 bridgehead atoms. The summed E-state index contributed by atoms with van der Waals surface area (Å²) in [6.07, 6.45) is 0.794. The normalized spacial score (nSPS) is 17.2. The second kappa shape index (κ2) is 9.01. The molecule has 2 aliphatic heterocycles. The Balaban J connectivity index is 1.33. The number of ether oxygens (including phenoxy) is 1. The minimum absolute atomic E-state index is 0.0104. The first-order chi connectivity index (χ1) is 18.0. The molecular weight excluding hydrogens is 466 g/mol. The van der Waals surface area contributed by atoms with Crippen LogP contribution in [0.15, 0.2) is 66.7 Å². The molecule has 0 saturated carbocycles. The maximum absolute atomic E-state index is 13.8. The van der Waals surface area contributed by atoms with Gasteiger partial charge in [-0.2, -0.15) is 0 Å². The largest absolute Gasteiger partial charge is 0.497 e. The lowest BCUT2D eigenvalue weighted by Crippen LogP contribution is -2.45. The second-order valence-electron chi connectivity index (χ2n) is 9.66. The lowest BCUT2D eigenvalue weighted by Gasteiger charge is -2.38. The van der Waals surface area contributed by atoms with Gasteiger partial charge in [0.15, 0.2) is 5.78 Å². The number of carbonyl (C=O) groups is 3. The molecule has 0 radical (unpaired) electrons. The van der Waals surface area contributed by atoms with Crippen molar-refractivity contribution in [1.82, 2.24) is 14.8 Å². The van der Waals surface area contributed by atoms with E-state index in [0.29, 0.717) is 29.0 Å². The van der Waals surface area contributed by atoms with E-state index in [4.69, 9.17) is 4.74 Å². The Labute approximate surface area is 214 Å². The predicted octanol–water partition coefficient (Wildman–Crippen LogP) is 4.56. The zero-order valence-electron chi connectivity index (χ0n) is 20.8. The van der Waals surface area contributed by atoms with Crippen LogP contribution in [0.2, 0.25) is 0 Å². The molecule has 7 heteroatoms. The highest BCUT2D eigenvalue weighted by molar-refractivity contribution is 6.21. The number of methoxy groups -OCH3 is 1. The number of hydrogen-bond acceptors (Lipinski definition) is 5. The summed E-state index contributed by atoms with van der Waals surface area (Å²) in [4.78, 5) is 46.8. The third-order valence-corrected chi connectivity index (χ3v) is 7.58. The quantitative estimate of drug-likeness (QED) is 0.315. The maximum Gasteiger partial charge on any atom is 0.261 e. The van der Waals surface area contributed by atoms with Gasteiger partial charge in [0.1, 0.15) is 5.75 Å². The van der Waals surface area contributed by atoms with Crippen molar-refractivity contribution >= 4 is 28.5 Å². The molecule has 7 nitrogen and oxygen atoms in total. The van der Waals surface area contributed by atoms with E-state index < -0.39 is 0 Å². The average molecular weight is 494 g/mol. The molecule has 0 fully saturated rings. The summed E-state index contributed by atoms with van der Waals surface area (Å²) < 4.78 is 5.39. The smallest absolute Gasteiger partial charge is 0.261 e. The van der Waals surface area contributed by atoms with Gasteiger partial charge in [0.25, 0.3) is 11.8 Å². The van der Waals surface area contributed by atoms with Gasteiger partial charge in [0.2, 0.25) is 0 Å². The van der Waals surface area contributed by atoms with E-state index in [-0.39, 0.29) is 36.7 Å². The van der Waals surface area contributed by atoms with Gasteiger partial charge < -0.3 is 9.72 Å². The Kier molecular flexibility index (Phi) is 5.65. The molecule has 1 N–H and O–H groups in total. The maximum atomic E-state index is 13.8. The van der Waals surface area contributed by atoms with E-state index in [1.807, 2.05) is 43.3 Å². The van der Waals surface area contributed by atoms with Gasteiger partial charge in [-0.25, -0.2) is 0 Å². The molecule has 4 aromatic rings. The summed E-state index contributed by atoms with van der Waals surface area (Å²) >= 11 is 0. The van der Waals surface area contributed by atoms with Crippen LogP contribution in [-0.2, 0) is 6.42 Å². The molecule has 186 valence electrons. The lowest BCUT2D eigenvalue weighted by molar-refractivity contribution is 0.0574. The Hall–Kier alpha value is -4.23. The molecule has 3 heterocycles. The highest BCUT2D eigenvalue weighted by Gasteiger charge is 2.39. The van der Waals surface area contributed by atoms with Crippen molar-refractivity contribution < 1.29 is 19.1 Å². The van der Waals surface area contributed by atoms with E-state index in [1.165, 1.54) is 10.5 Å². The van der Waals surface area contributed by atoms with Crippen molar-refractivity contribution in [3.05, 3.63) is 100 Å². The summed E-state index contributed by atoms with van der Waals surface area (Å²) in [5, 5.41) is 0.830. The molecular formula is C30H27N3O4. The van der Waals surface area contributed by atoms with Crippen molar-refractivity contribution in [1.29, 1.82) is 0 Å². The van der Waals surface area contributed by atoms with E-state index >= 15 is 0 Å². The summed E-state index contributed by atoms with van der Waals surface area (Å²) in [7, 11) is 1.61. The third kappa shape index (κ3) is 3.83. The van der Waals surface area contributed by atoms with Crippen LogP contribution in [0.4, 0.5) is 0 Å². The first-order valence-corrected chi connectivity index (χ1v) is 12.4. The van der Waals surface area contributed by atoms with E-state index in [2.05, 4.69) is 16.0 Å². The molecule has 1 aromatic heterocycles. The summed E-state index contributed by atoms with van der Waals surface area (Å²) in [5.41, 5.74) is 5.43. The number of rotatable bonds is 6. The number of aryl methyl sites for hydroxylation is 1. The van der Waals surface area contributed by atoms with E-state index in [9.17, 15) is 14.4 Å². The predicted molar refractivity (Wildman–Crippen MR) is 140 cm³/mol. The highest BCUT2D eigenvalue weighted by Crippen LogP contribution is 2.34. The minimum atomic E-state index is -0.283. The van der Waals surface area contributed by atoms with Crippen LogP contribution in [0.5, 0.6) is 5.75 Å². The summed E-state index contributed by atoms with van der Waals surface area (Å²) in [6, 6.07) is 20.4. The standard InChI is InChI=1S/C30H27N3O4/c1-18-28(24-15-20(37-2)11-12-25(24)31-18)27(34)17-32-14-13-19-7-3-4-8-21(19)26(32)16-33-29(35)22-9-5-6-10-23(22)30(33)36/h3-12,15,26,31H,13-14,16-17H2,1-2H3/t26-/m0/s1. The molecule has 6 rings (SSSR count). The fourth-order valence-electron chi connectivity index (χ4n) is 5.74. The minimum Gasteiger partial charge on any atom is -0.497 e. The monoisotopic (exact) mass is 493 g/mol. The van der Waals surface area contributed by atoms with Crippen molar-refractivity contribution in [3.63, 3.8) is 0 Å². The number of imide groups is 1. The fraction of sp³-hybridized carbons (Fsp3) is 0.233. The van der Waals surface area contributed by atoms with Crippen LogP contribution >= 0.6 is 0 Å². The number of aromatic nitrogens is 1. The summed E-state index contributed by atoms with van der Waals surface area (Å²) in [6.45, 7) is 2.92. The zero-order valence-corrected chi connectivity index (χ0v) is 20.8. The Morgan fingerprint density at radius 3 is 2.43 bits per heavy atom. The number of ketones is 1. The number of aromatic amines is 1. The summed E-state index contributed by atoms with van der Waals surface area (Å²) in [5.74, 6) is 0.115. The van der Waals surface area contributed by atoms with Gasteiger partial charge in [0, 0.05) is 35.2 Å². The average Bonchev–Trinajstić information content (AvgIpc) is 3.37. The SMILES string of the molecule is COc1ccc2[nH]c(C)c(C(=O)CN3CCc4ccccc4[C@@H]3CN3C(=O)c4ccccc4C3=O)c2c1. The number of amides is 2. The number of fused-ring (bicyclic) bond motifs is 3. The van der Waals surface area contributed by atoms with Crippen LogP contribution in [0.25, 0.3) is 10.9 Å². The topological polar surface area (TPSA) is 82.7 Å².